The van der Waals surface area contributed by atoms with Crippen LogP contribution in [0.1, 0.15) is 6.92 Å². The van der Waals surface area contributed by atoms with E-state index in [9.17, 15) is 14.6 Å². The maximum Gasteiger partial charge on any atom is 0.318 e. The zero-order valence-corrected chi connectivity index (χ0v) is 19.6. The van der Waals surface area contributed by atoms with E-state index in [1.54, 1.807) is 11.8 Å². The minimum Gasteiger partial charge on any atom is -0.508 e. The van der Waals surface area contributed by atoms with Crippen molar-refractivity contribution in [3.8, 4) is 23.0 Å². The number of fused-ring (bicyclic) bond motifs is 2. The van der Waals surface area contributed by atoms with E-state index in [2.05, 4.69) is 15.0 Å². The molecule has 1 aliphatic heterocycles. The molecule has 182 valence electrons. The highest BCUT2D eigenvalue weighted by Gasteiger charge is 2.30. The Morgan fingerprint density at radius 2 is 2.03 bits per heavy atom. The van der Waals surface area contributed by atoms with Crippen LogP contribution in [0.25, 0.3) is 32.9 Å². The van der Waals surface area contributed by atoms with Gasteiger partial charge in [0.05, 0.1) is 37.3 Å². The predicted molar refractivity (Wildman–Crippen MR) is 127 cm³/mol. The molecule has 1 atom stereocenters. The second-order valence-electron chi connectivity index (χ2n) is 8.64. The molecule has 1 saturated heterocycles. The number of halogens is 3. The molecule has 0 aliphatic carbocycles. The van der Waals surface area contributed by atoms with Gasteiger partial charge >= 0.3 is 6.01 Å². The molecular formula is C24H21ClF2N4O4. The molecule has 0 amide bonds. The second kappa shape index (κ2) is 8.71. The first kappa shape index (κ1) is 23.4. The topological polar surface area (TPSA) is 101 Å². The third-order valence-corrected chi connectivity index (χ3v) is 6.19. The number of nitrogens with zero attached hydrogens (tertiary/aromatic N) is 4. The van der Waals surface area contributed by atoms with E-state index in [-0.39, 0.29) is 57.5 Å². The number of methoxy groups -OCH3 is 1. The number of aromatic hydroxyl groups is 1. The fourth-order valence-corrected chi connectivity index (χ4v) is 4.57. The number of pyridine rings is 1. The Balaban J connectivity index is 1.76. The van der Waals surface area contributed by atoms with Crippen molar-refractivity contribution in [2.45, 2.75) is 12.5 Å². The third-order valence-electron chi connectivity index (χ3n) is 5.82. The quantitative estimate of drug-likeness (QED) is 0.432. The number of ether oxygens (including phenoxy) is 2. The maximum atomic E-state index is 16.0. The number of phenols is 1. The molecule has 5 rings (SSSR count). The van der Waals surface area contributed by atoms with Crippen molar-refractivity contribution >= 4 is 39.1 Å². The molecule has 0 bridgehead atoms. The van der Waals surface area contributed by atoms with Gasteiger partial charge in [-0.3, -0.25) is 4.98 Å². The van der Waals surface area contributed by atoms with E-state index >= 15 is 4.39 Å². The van der Waals surface area contributed by atoms with E-state index in [1.807, 2.05) is 0 Å². The van der Waals surface area contributed by atoms with Gasteiger partial charge in [0.1, 0.15) is 34.2 Å². The van der Waals surface area contributed by atoms with Crippen LogP contribution in [0, 0.1) is 11.6 Å². The molecule has 2 N–H and O–H groups in total. The number of aromatic nitrogens is 3. The standard InChI is InChI=1S/C24H21ClF2N4O4/c1-24(33)10-31(5-6-35-11-24)22-15-9-28-20(19(27)21(15)29-23(30-22)34-2)14-8-13(32)7-12-3-4-16(26)18(25)17(12)14/h3-4,7-9,32-33H,5-6,10-11H2,1-2H3. The maximum absolute atomic E-state index is 16.0. The monoisotopic (exact) mass is 502 g/mol. The SMILES string of the molecule is COc1nc(N2CCOCC(C)(O)C2)c2cnc(-c3cc(O)cc4ccc(F)c(Cl)c34)c(F)c2n1. The second-order valence-corrected chi connectivity index (χ2v) is 9.02. The fraction of sp³-hybridized carbons (Fsp3) is 0.292. The number of rotatable bonds is 3. The van der Waals surface area contributed by atoms with Crippen LogP contribution in [0.5, 0.6) is 11.8 Å². The van der Waals surface area contributed by atoms with Crippen molar-refractivity contribution in [2.24, 2.45) is 0 Å². The summed E-state index contributed by atoms with van der Waals surface area (Å²) in [4.78, 5) is 14.7. The Bertz CT molecular complexity index is 1470. The van der Waals surface area contributed by atoms with Gasteiger partial charge in [-0.05, 0) is 30.5 Å². The summed E-state index contributed by atoms with van der Waals surface area (Å²) in [5.41, 5.74) is -1.32. The summed E-state index contributed by atoms with van der Waals surface area (Å²) >= 11 is 6.23. The van der Waals surface area contributed by atoms with Crippen LogP contribution < -0.4 is 9.64 Å². The number of benzene rings is 2. The number of phenolic OH excluding ortho intramolecular Hbond substituents is 1. The first-order valence-electron chi connectivity index (χ1n) is 10.7. The van der Waals surface area contributed by atoms with Crippen molar-refractivity contribution in [1.29, 1.82) is 0 Å². The highest BCUT2D eigenvalue weighted by molar-refractivity contribution is 6.37. The average Bonchev–Trinajstić information content (AvgIpc) is 3.01. The van der Waals surface area contributed by atoms with Gasteiger partial charge in [0, 0.05) is 23.7 Å². The average molecular weight is 503 g/mol. The Hall–Kier alpha value is -3.34. The molecule has 2 aromatic heterocycles. The highest BCUT2D eigenvalue weighted by Crippen LogP contribution is 2.40. The van der Waals surface area contributed by atoms with Crippen LogP contribution in [-0.4, -0.2) is 64.2 Å². The molecule has 4 aromatic rings. The smallest absolute Gasteiger partial charge is 0.318 e. The molecule has 2 aromatic carbocycles. The summed E-state index contributed by atoms with van der Waals surface area (Å²) in [6, 6.07) is 5.20. The minimum absolute atomic E-state index is 0.0850. The lowest BCUT2D eigenvalue weighted by atomic mass is 10.00. The van der Waals surface area contributed by atoms with Gasteiger partial charge < -0.3 is 24.6 Å². The van der Waals surface area contributed by atoms with Crippen molar-refractivity contribution in [3.05, 3.63) is 47.1 Å². The number of aliphatic hydroxyl groups is 1. The lowest BCUT2D eigenvalue weighted by molar-refractivity contribution is -0.0123. The molecule has 8 nitrogen and oxygen atoms in total. The van der Waals surface area contributed by atoms with E-state index in [0.717, 1.165) is 0 Å². The number of β-amino-alcohol motifs (C(OH)–C–C–N with tert-alkyl or cyclic N) is 1. The molecule has 0 radical (unpaired) electrons. The highest BCUT2D eigenvalue weighted by atomic mass is 35.5. The van der Waals surface area contributed by atoms with Gasteiger partial charge in [-0.1, -0.05) is 17.7 Å². The Morgan fingerprint density at radius 1 is 1.23 bits per heavy atom. The largest absolute Gasteiger partial charge is 0.508 e. The predicted octanol–water partition coefficient (Wildman–Crippen LogP) is 4.08. The Morgan fingerprint density at radius 3 is 2.80 bits per heavy atom. The Kier molecular flexibility index (Phi) is 5.82. The van der Waals surface area contributed by atoms with Crippen molar-refractivity contribution in [1.82, 2.24) is 15.0 Å². The van der Waals surface area contributed by atoms with Gasteiger partial charge in [0.15, 0.2) is 5.82 Å². The molecule has 1 unspecified atom stereocenters. The number of anilines is 1. The van der Waals surface area contributed by atoms with E-state index in [0.29, 0.717) is 24.4 Å². The summed E-state index contributed by atoms with van der Waals surface area (Å²) < 4.78 is 41.0. The van der Waals surface area contributed by atoms with Crippen LogP contribution in [0.4, 0.5) is 14.6 Å². The van der Waals surface area contributed by atoms with Gasteiger partial charge in [-0.2, -0.15) is 9.97 Å². The molecule has 0 saturated carbocycles. The normalized spacial score (nSPS) is 18.7. The van der Waals surface area contributed by atoms with Gasteiger partial charge in [-0.25, -0.2) is 8.78 Å². The molecule has 0 spiro atoms. The van der Waals surface area contributed by atoms with Crippen LogP contribution in [0.2, 0.25) is 5.02 Å². The lowest BCUT2D eigenvalue weighted by Gasteiger charge is -2.29. The molecule has 35 heavy (non-hydrogen) atoms. The van der Waals surface area contributed by atoms with Crippen LogP contribution in [0.15, 0.2) is 30.5 Å². The first-order valence-corrected chi connectivity index (χ1v) is 11.1. The minimum atomic E-state index is -1.16. The summed E-state index contributed by atoms with van der Waals surface area (Å²) in [5, 5.41) is 21.5. The van der Waals surface area contributed by atoms with Crippen LogP contribution >= 0.6 is 11.6 Å². The summed E-state index contributed by atoms with van der Waals surface area (Å²) in [6.07, 6.45) is 1.39. The van der Waals surface area contributed by atoms with Gasteiger partial charge in [0.25, 0.3) is 0 Å². The van der Waals surface area contributed by atoms with Crippen LogP contribution in [-0.2, 0) is 4.74 Å². The van der Waals surface area contributed by atoms with Crippen LogP contribution in [0.3, 0.4) is 0 Å². The molecule has 1 fully saturated rings. The summed E-state index contributed by atoms with van der Waals surface area (Å²) in [7, 11) is 1.36. The van der Waals surface area contributed by atoms with Gasteiger partial charge in [0.2, 0.25) is 0 Å². The van der Waals surface area contributed by atoms with Crippen molar-refractivity contribution in [3.63, 3.8) is 0 Å². The zero-order chi connectivity index (χ0) is 24.9. The number of hydrogen-bond donors (Lipinski definition) is 2. The van der Waals surface area contributed by atoms with Crippen molar-refractivity contribution in [2.75, 3.05) is 38.3 Å². The first-order chi connectivity index (χ1) is 16.7. The fourth-order valence-electron chi connectivity index (χ4n) is 4.29. The van der Waals surface area contributed by atoms with E-state index in [4.69, 9.17) is 21.1 Å². The number of hydrogen-bond acceptors (Lipinski definition) is 8. The zero-order valence-electron chi connectivity index (χ0n) is 18.8. The summed E-state index contributed by atoms with van der Waals surface area (Å²) in [5.74, 6) is -1.35. The Labute approximate surface area is 203 Å². The molecule has 11 heteroatoms. The third kappa shape index (κ3) is 4.18. The van der Waals surface area contributed by atoms with E-state index < -0.39 is 17.2 Å². The van der Waals surface area contributed by atoms with E-state index in [1.165, 1.54) is 37.6 Å². The van der Waals surface area contributed by atoms with Crippen molar-refractivity contribution < 1.29 is 28.5 Å². The molecule has 3 heterocycles. The molecule has 1 aliphatic rings. The molecular weight excluding hydrogens is 482 g/mol. The lowest BCUT2D eigenvalue weighted by Crippen LogP contribution is -2.42. The summed E-state index contributed by atoms with van der Waals surface area (Å²) in [6.45, 7) is 2.68. The van der Waals surface area contributed by atoms with Gasteiger partial charge in [-0.15, -0.1) is 0 Å².